The Hall–Kier alpha value is -2.36. The third kappa shape index (κ3) is 2.42. The van der Waals surface area contributed by atoms with Crippen LogP contribution in [0.4, 0.5) is 0 Å². The number of rotatable bonds is 3. The summed E-state index contributed by atoms with van der Waals surface area (Å²) in [6, 6.07) is 7.35. The van der Waals surface area contributed by atoms with Gasteiger partial charge in [0.25, 0.3) is 11.5 Å². The second kappa shape index (κ2) is 5.10. The summed E-state index contributed by atoms with van der Waals surface area (Å²) in [5, 5.41) is 4.08. The van der Waals surface area contributed by atoms with Crippen LogP contribution in [-0.2, 0) is 7.05 Å². The Morgan fingerprint density at radius 2 is 2.16 bits per heavy atom. The Bertz CT molecular complexity index is 714. The van der Waals surface area contributed by atoms with Crippen LogP contribution in [0.1, 0.15) is 16.1 Å². The molecule has 4 nitrogen and oxygen atoms in total. The van der Waals surface area contributed by atoms with Crippen LogP contribution in [0.15, 0.2) is 41.7 Å². The molecule has 0 aliphatic heterocycles. The van der Waals surface area contributed by atoms with E-state index in [1.807, 2.05) is 25.1 Å². The first kappa shape index (κ1) is 13.1. The Labute approximate surface area is 111 Å². The molecule has 1 amide bonds. The van der Waals surface area contributed by atoms with Crippen LogP contribution in [0.5, 0.6) is 0 Å². The van der Waals surface area contributed by atoms with E-state index in [1.165, 1.54) is 4.57 Å². The number of fused-ring (bicyclic) bond motifs is 1. The molecule has 19 heavy (non-hydrogen) atoms. The minimum Gasteiger partial charge on any atom is -0.347 e. The van der Waals surface area contributed by atoms with Crippen molar-refractivity contribution in [1.82, 2.24) is 9.88 Å². The molecule has 1 N–H and O–H groups in total. The van der Waals surface area contributed by atoms with E-state index in [1.54, 1.807) is 19.2 Å². The van der Waals surface area contributed by atoms with E-state index in [4.69, 9.17) is 0 Å². The minimum atomic E-state index is -0.276. The van der Waals surface area contributed by atoms with Gasteiger partial charge in [-0.1, -0.05) is 23.8 Å². The molecular weight excluding hydrogens is 240 g/mol. The Balaban J connectivity index is 2.61. The van der Waals surface area contributed by atoms with Crippen LogP contribution < -0.4 is 10.9 Å². The molecule has 0 unspecified atom stereocenters. The van der Waals surface area contributed by atoms with Gasteiger partial charge >= 0.3 is 0 Å². The lowest BCUT2D eigenvalue weighted by atomic mass is 10.1. The first-order chi connectivity index (χ1) is 9.04. The number of pyridine rings is 1. The highest BCUT2D eigenvalue weighted by molar-refractivity contribution is 5.96. The van der Waals surface area contributed by atoms with Crippen molar-refractivity contribution in [2.75, 3.05) is 6.54 Å². The maximum absolute atomic E-state index is 12.2. The zero-order valence-corrected chi connectivity index (χ0v) is 11.1. The van der Waals surface area contributed by atoms with E-state index in [-0.39, 0.29) is 11.5 Å². The van der Waals surface area contributed by atoms with Crippen molar-refractivity contribution in [1.29, 1.82) is 0 Å². The van der Waals surface area contributed by atoms with E-state index in [0.717, 1.165) is 10.9 Å². The first-order valence-electron chi connectivity index (χ1n) is 6.04. The van der Waals surface area contributed by atoms with E-state index >= 15 is 0 Å². The summed E-state index contributed by atoms with van der Waals surface area (Å²) in [5.41, 5.74) is 1.21. The van der Waals surface area contributed by atoms with Gasteiger partial charge in [-0.3, -0.25) is 9.59 Å². The van der Waals surface area contributed by atoms with Gasteiger partial charge in [0.05, 0.1) is 0 Å². The van der Waals surface area contributed by atoms with Gasteiger partial charge in [0.2, 0.25) is 0 Å². The monoisotopic (exact) mass is 256 g/mol. The fraction of sp³-hybridized carbons (Fsp3) is 0.200. The molecule has 98 valence electrons. The van der Waals surface area contributed by atoms with E-state index < -0.39 is 0 Å². The largest absolute Gasteiger partial charge is 0.347 e. The average molecular weight is 256 g/mol. The Morgan fingerprint density at radius 3 is 2.84 bits per heavy atom. The molecule has 0 spiro atoms. The summed E-state index contributed by atoms with van der Waals surface area (Å²) in [6.45, 7) is 5.85. The summed E-state index contributed by atoms with van der Waals surface area (Å²) in [5.74, 6) is -0.276. The molecule has 1 aromatic heterocycles. The highest BCUT2D eigenvalue weighted by Gasteiger charge is 2.12. The topological polar surface area (TPSA) is 51.1 Å². The average Bonchev–Trinajstić information content (AvgIpc) is 2.40. The number of aromatic nitrogens is 1. The minimum absolute atomic E-state index is 0.162. The SMILES string of the molecule is C=CCNC(=O)c1cc2ccc(C)cc2c(=O)n1C. The van der Waals surface area contributed by atoms with Gasteiger partial charge in [-0.25, -0.2) is 0 Å². The lowest BCUT2D eigenvalue weighted by Gasteiger charge is -2.10. The summed E-state index contributed by atoms with van der Waals surface area (Å²) in [7, 11) is 1.60. The molecule has 1 heterocycles. The van der Waals surface area contributed by atoms with E-state index in [2.05, 4.69) is 11.9 Å². The van der Waals surface area contributed by atoms with Crippen LogP contribution in [0.3, 0.4) is 0 Å². The third-order valence-corrected chi connectivity index (χ3v) is 3.04. The molecule has 1 aromatic carbocycles. The molecule has 0 aliphatic carbocycles. The maximum atomic E-state index is 12.2. The zero-order chi connectivity index (χ0) is 14.0. The maximum Gasteiger partial charge on any atom is 0.268 e. The summed E-state index contributed by atoms with van der Waals surface area (Å²) < 4.78 is 1.38. The molecule has 0 fully saturated rings. The molecular formula is C15H16N2O2. The van der Waals surface area contributed by atoms with Crippen molar-refractivity contribution in [3.63, 3.8) is 0 Å². The van der Waals surface area contributed by atoms with Crippen molar-refractivity contribution < 1.29 is 4.79 Å². The van der Waals surface area contributed by atoms with Crippen LogP contribution in [-0.4, -0.2) is 17.0 Å². The Kier molecular flexibility index (Phi) is 3.51. The summed E-state index contributed by atoms with van der Waals surface area (Å²) in [4.78, 5) is 24.2. The quantitative estimate of drug-likeness (QED) is 0.851. The molecule has 2 rings (SSSR count). The van der Waals surface area contributed by atoms with Gasteiger partial charge < -0.3 is 9.88 Å². The number of aryl methyl sites for hydroxylation is 1. The molecule has 0 saturated carbocycles. The first-order valence-corrected chi connectivity index (χ1v) is 6.04. The number of benzene rings is 1. The predicted molar refractivity (Wildman–Crippen MR) is 76.5 cm³/mol. The van der Waals surface area contributed by atoms with E-state index in [9.17, 15) is 9.59 Å². The third-order valence-electron chi connectivity index (χ3n) is 3.04. The van der Waals surface area contributed by atoms with Crippen LogP contribution in [0.2, 0.25) is 0 Å². The molecule has 0 saturated heterocycles. The molecule has 4 heteroatoms. The fourth-order valence-corrected chi connectivity index (χ4v) is 1.99. The van der Waals surface area contributed by atoms with Gasteiger partial charge in [-0.05, 0) is 24.4 Å². The predicted octanol–water partition coefficient (Wildman–Crippen LogP) is 1.76. The summed E-state index contributed by atoms with van der Waals surface area (Å²) >= 11 is 0. The molecule has 0 bridgehead atoms. The number of hydrogen-bond acceptors (Lipinski definition) is 2. The van der Waals surface area contributed by atoms with Crippen molar-refractivity contribution in [2.45, 2.75) is 6.92 Å². The number of nitrogens with one attached hydrogen (secondary N) is 1. The van der Waals surface area contributed by atoms with E-state index in [0.29, 0.717) is 17.6 Å². The number of carbonyl (C=O) groups excluding carboxylic acids is 1. The van der Waals surface area contributed by atoms with Gasteiger partial charge in [0.1, 0.15) is 5.69 Å². The number of amides is 1. The highest BCUT2D eigenvalue weighted by atomic mass is 16.2. The lowest BCUT2D eigenvalue weighted by Crippen LogP contribution is -2.31. The second-order valence-electron chi connectivity index (χ2n) is 4.48. The second-order valence-corrected chi connectivity index (χ2v) is 4.48. The number of hydrogen-bond donors (Lipinski definition) is 1. The van der Waals surface area contributed by atoms with Crippen molar-refractivity contribution in [3.8, 4) is 0 Å². The standard InChI is InChI=1S/C15H16N2O2/c1-4-7-16-14(18)13-9-11-6-5-10(2)8-12(11)15(19)17(13)3/h4-6,8-9H,1,7H2,2-3H3,(H,16,18). The smallest absolute Gasteiger partial charge is 0.268 e. The summed E-state index contributed by atoms with van der Waals surface area (Å²) in [6.07, 6.45) is 1.60. The van der Waals surface area contributed by atoms with Crippen LogP contribution >= 0.6 is 0 Å². The van der Waals surface area contributed by atoms with Gasteiger partial charge in [0.15, 0.2) is 0 Å². The number of carbonyl (C=O) groups is 1. The molecule has 0 atom stereocenters. The molecule has 2 aromatic rings. The fourth-order valence-electron chi connectivity index (χ4n) is 1.99. The molecule has 0 radical (unpaired) electrons. The van der Waals surface area contributed by atoms with Crippen LogP contribution in [0, 0.1) is 6.92 Å². The lowest BCUT2D eigenvalue weighted by molar-refractivity contribution is 0.0949. The Morgan fingerprint density at radius 1 is 1.42 bits per heavy atom. The number of nitrogens with zero attached hydrogens (tertiary/aromatic N) is 1. The highest BCUT2D eigenvalue weighted by Crippen LogP contribution is 2.13. The zero-order valence-electron chi connectivity index (χ0n) is 11.1. The normalized spacial score (nSPS) is 10.4. The van der Waals surface area contributed by atoms with Gasteiger partial charge in [-0.2, -0.15) is 0 Å². The van der Waals surface area contributed by atoms with Crippen molar-refractivity contribution in [2.24, 2.45) is 7.05 Å². The van der Waals surface area contributed by atoms with Crippen molar-refractivity contribution in [3.05, 3.63) is 58.5 Å². The van der Waals surface area contributed by atoms with Gasteiger partial charge in [-0.15, -0.1) is 6.58 Å². The van der Waals surface area contributed by atoms with Crippen LogP contribution in [0.25, 0.3) is 10.8 Å². The van der Waals surface area contributed by atoms with Gasteiger partial charge in [0, 0.05) is 19.0 Å². The van der Waals surface area contributed by atoms with Crippen molar-refractivity contribution >= 4 is 16.7 Å². The molecule has 0 aliphatic rings.